The predicted octanol–water partition coefficient (Wildman–Crippen LogP) is 1.24. The Morgan fingerprint density at radius 1 is 1.14 bits per heavy atom. The minimum atomic E-state index is -1.28. The van der Waals surface area contributed by atoms with Crippen molar-refractivity contribution in [3.8, 4) is 0 Å². The summed E-state index contributed by atoms with van der Waals surface area (Å²) in [5.74, 6) is -2.57. The highest BCUT2D eigenvalue weighted by molar-refractivity contribution is 5.98. The average molecular weight is 296 g/mol. The molecule has 0 saturated heterocycles. The smallest absolute Gasteiger partial charge is 0.335 e. The van der Waals surface area contributed by atoms with Gasteiger partial charge in [0.05, 0.1) is 23.8 Å². The van der Waals surface area contributed by atoms with E-state index in [1.807, 2.05) is 0 Å². The van der Waals surface area contributed by atoms with Gasteiger partial charge in [0.25, 0.3) is 0 Å². The number of carboxylic acid groups (broad SMARTS) is 2. The molecule has 0 aliphatic carbocycles. The molecule has 0 aliphatic rings. The number of ether oxygens (including phenoxy) is 1. The summed E-state index contributed by atoms with van der Waals surface area (Å²) in [6, 6.07) is 2.53. The van der Waals surface area contributed by atoms with Crippen molar-refractivity contribution in [2.24, 2.45) is 0 Å². The van der Waals surface area contributed by atoms with Gasteiger partial charge >= 0.3 is 18.0 Å². The third-order valence-corrected chi connectivity index (χ3v) is 2.48. The molecule has 0 fully saturated rings. The van der Waals surface area contributed by atoms with Crippen LogP contribution in [0.1, 0.15) is 27.6 Å². The second-order valence-electron chi connectivity index (χ2n) is 4.36. The van der Waals surface area contributed by atoms with Gasteiger partial charge in [0.2, 0.25) is 0 Å². The lowest BCUT2D eigenvalue weighted by Gasteiger charge is -2.14. The Morgan fingerprint density at radius 2 is 1.67 bits per heavy atom. The maximum atomic E-state index is 11.7. The number of hydrogen-bond acceptors (Lipinski definition) is 4. The zero-order chi connectivity index (χ0) is 16.0. The van der Waals surface area contributed by atoms with Crippen molar-refractivity contribution >= 4 is 23.7 Å². The van der Waals surface area contributed by atoms with Crippen molar-refractivity contribution in [1.29, 1.82) is 0 Å². The van der Waals surface area contributed by atoms with Crippen LogP contribution in [0, 0.1) is 0 Å². The van der Waals surface area contributed by atoms with Crippen LogP contribution in [0.3, 0.4) is 0 Å². The van der Waals surface area contributed by atoms with E-state index in [1.54, 1.807) is 6.92 Å². The fourth-order valence-electron chi connectivity index (χ4n) is 1.63. The topological polar surface area (TPSA) is 125 Å². The molecule has 8 nitrogen and oxygen atoms in total. The molecule has 1 rings (SSSR count). The summed E-state index contributed by atoms with van der Waals surface area (Å²) < 4.78 is 4.86. The standard InChI is InChI=1S/C13H16N2O6/c1-7(6-21-2)14-13(20)15-10-4-8(11(16)17)3-9(5-10)12(18)19/h3-5,7H,6H2,1-2H3,(H,16,17)(H,18,19)(H2,14,15,20). The Kier molecular flexibility index (Phi) is 5.67. The highest BCUT2D eigenvalue weighted by Crippen LogP contribution is 2.15. The van der Waals surface area contributed by atoms with Crippen LogP contribution in [0.2, 0.25) is 0 Å². The van der Waals surface area contributed by atoms with Gasteiger partial charge in [-0.15, -0.1) is 0 Å². The Morgan fingerprint density at radius 3 is 2.10 bits per heavy atom. The van der Waals surface area contributed by atoms with Crippen molar-refractivity contribution in [1.82, 2.24) is 5.32 Å². The normalized spacial score (nSPS) is 11.5. The number of carbonyl (C=O) groups excluding carboxylic acids is 1. The summed E-state index contributed by atoms with van der Waals surface area (Å²) in [6.45, 7) is 2.03. The first kappa shape index (κ1) is 16.4. The minimum absolute atomic E-state index is 0.0782. The molecule has 1 aromatic rings. The molecule has 4 N–H and O–H groups in total. The van der Waals surface area contributed by atoms with Crippen molar-refractivity contribution < 1.29 is 29.3 Å². The van der Waals surface area contributed by atoms with Crippen molar-refractivity contribution in [3.63, 3.8) is 0 Å². The lowest BCUT2D eigenvalue weighted by Crippen LogP contribution is -2.38. The molecule has 0 saturated carbocycles. The fraction of sp³-hybridized carbons (Fsp3) is 0.308. The van der Waals surface area contributed by atoms with Gasteiger partial charge in [-0.1, -0.05) is 0 Å². The SMILES string of the molecule is COCC(C)NC(=O)Nc1cc(C(=O)O)cc(C(=O)O)c1. The van der Waals surface area contributed by atoms with Crippen LogP contribution in [-0.2, 0) is 4.74 Å². The highest BCUT2D eigenvalue weighted by atomic mass is 16.5. The number of carbonyl (C=O) groups is 3. The molecule has 2 amide bonds. The average Bonchev–Trinajstić information content (AvgIpc) is 2.37. The van der Waals surface area contributed by atoms with Gasteiger partial charge in [-0.25, -0.2) is 14.4 Å². The van der Waals surface area contributed by atoms with E-state index >= 15 is 0 Å². The summed E-state index contributed by atoms with van der Waals surface area (Å²) in [5, 5.41) is 22.8. The van der Waals surface area contributed by atoms with Crippen molar-refractivity contribution in [2.75, 3.05) is 19.0 Å². The predicted molar refractivity (Wildman–Crippen MR) is 73.9 cm³/mol. The molecule has 114 valence electrons. The summed E-state index contributed by atoms with van der Waals surface area (Å²) in [4.78, 5) is 33.6. The minimum Gasteiger partial charge on any atom is -0.478 e. The van der Waals surface area contributed by atoms with Gasteiger partial charge in [0.15, 0.2) is 0 Å². The summed E-state index contributed by atoms with van der Waals surface area (Å²) in [7, 11) is 1.49. The molecule has 1 aromatic carbocycles. The number of amides is 2. The summed E-state index contributed by atoms with van der Waals surface area (Å²) in [5.41, 5.74) is -0.375. The number of carboxylic acids is 2. The third kappa shape index (κ3) is 5.11. The zero-order valence-corrected chi connectivity index (χ0v) is 11.5. The van der Waals surface area contributed by atoms with Crippen LogP contribution >= 0.6 is 0 Å². The summed E-state index contributed by atoms with van der Waals surface area (Å²) >= 11 is 0. The second-order valence-corrected chi connectivity index (χ2v) is 4.36. The number of rotatable bonds is 6. The largest absolute Gasteiger partial charge is 0.478 e. The first-order valence-electron chi connectivity index (χ1n) is 6.01. The van der Waals surface area contributed by atoms with E-state index in [-0.39, 0.29) is 22.9 Å². The number of anilines is 1. The van der Waals surface area contributed by atoms with Crippen LogP contribution in [0.5, 0.6) is 0 Å². The zero-order valence-electron chi connectivity index (χ0n) is 11.5. The van der Waals surface area contributed by atoms with Crippen LogP contribution in [0.25, 0.3) is 0 Å². The highest BCUT2D eigenvalue weighted by Gasteiger charge is 2.13. The van der Waals surface area contributed by atoms with E-state index in [4.69, 9.17) is 14.9 Å². The van der Waals surface area contributed by atoms with Gasteiger partial charge in [-0.3, -0.25) is 0 Å². The van der Waals surface area contributed by atoms with Gasteiger partial charge in [-0.2, -0.15) is 0 Å². The molecule has 1 atom stereocenters. The molecule has 21 heavy (non-hydrogen) atoms. The Labute approximate surface area is 120 Å². The van der Waals surface area contributed by atoms with Gasteiger partial charge < -0.3 is 25.6 Å². The molecular weight excluding hydrogens is 280 g/mol. The third-order valence-electron chi connectivity index (χ3n) is 2.48. The van der Waals surface area contributed by atoms with Crippen molar-refractivity contribution in [3.05, 3.63) is 29.3 Å². The molecule has 8 heteroatoms. The number of methoxy groups -OCH3 is 1. The Hall–Kier alpha value is -2.61. The van der Waals surface area contributed by atoms with E-state index in [0.29, 0.717) is 6.61 Å². The molecule has 0 aromatic heterocycles. The van der Waals surface area contributed by atoms with Crippen molar-refractivity contribution in [2.45, 2.75) is 13.0 Å². The quantitative estimate of drug-likeness (QED) is 0.626. The molecule has 0 aliphatic heterocycles. The first-order valence-corrected chi connectivity index (χ1v) is 6.01. The van der Waals surface area contributed by atoms with Gasteiger partial charge in [-0.05, 0) is 25.1 Å². The van der Waals surface area contributed by atoms with Gasteiger partial charge in [0.1, 0.15) is 0 Å². The number of benzene rings is 1. The molecule has 1 unspecified atom stereocenters. The van der Waals surface area contributed by atoms with E-state index in [0.717, 1.165) is 6.07 Å². The maximum absolute atomic E-state index is 11.7. The lowest BCUT2D eigenvalue weighted by atomic mass is 10.1. The molecule has 0 bridgehead atoms. The Bertz CT molecular complexity index is 525. The molecule has 0 heterocycles. The number of nitrogens with one attached hydrogen (secondary N) is 2. The number of aromatic carboxylic acids is 2. The number of urea groups is 1. The van der Waals surface area contributed by atoms with Crippen LogP contribution in [0.4, 0.5) is 10.5 Å². The molecular formula is C13H16N2O6. The van der Waals surface area contributed by atoms with Gasteiger partial charge in [0, 0.05) is 12.8 Å². The molecule has 0 spiro atoms. The van der Waals surface area contributed by atoms with Crippen LogP contribution in [0.15, 0.2) is 18.2 Å². The van der Waals surface area contributed by atoms with E-state index in [2.05, 4.69) is 10.6 Å². The van der Waals surface area contributed by atoms with Crippen LogP contribution in [-0.4, -0.2) is 47.9 Å². The Balaban J connectivity index is 2.89. The van der Waals surface area contributed by atoms with Crippen LogP contribution < -0.4 is 10.6 Å². The maximum Gasteiger partial charge on any atom is 0.335 e. The first-order chi connectivity index (χ1) is 9.83. The molecule has 0 radical (unpaired) electrons. The number of hydrogen-bond donors (Lipinski definition) is 4. The fourth-order valence-corrected chi connectivity index (χ4v) is 1.63. The monoisotopic (exact) mass is 296 g/mol. The second kappa shape index (κ2) is 7.25. The van der Waals surface area contributed by atoms with E-state index in [9.17, 15) is 14.4 Å². The lowest BCUT2D eigenvalue weighted by molar-refractivity contribution is 0.0696. The van der Waals surface area contributed by atoms with E-state index in [1.165, 1.54) is 19.2 Å². The van der Waals surface area contributed by atoms with E-state index < -0.39 is 18.0 Å². The summed E-state index contributed by atoms with van der Waals surface area (Å²) in [6.07, 6.45) is 0.